The van der Waals surface area contributed by atoms with Crippen LogP contribution < -0.4 is 16.0 Å². The van der Waals surface area contributed by atoms with Crippen molar-refractivity contribution >= 4 is 35.8 Å². The van der Waals surface area contributed by atoms with Gasteiger partial charge in [0, 0.05) is 25.2 Å². The molecule has 2 aromatic carbocycles. The van der Waals surface area contributed by atoms with Crippen LogP contribution in [0.15, 0.2) is 47.5 Å². The van der Waals surface area contributed by atoms with Crippen molar-refractivity contribution in [2.75, 3.05) is 19.6 Å². The minimum absolute atomic E-state index is 0. The van der Waals surface area contributed by atoms with E-state index in [0.717, 1.165) is 36.1 Å². The number of aryl methyl sites for hydroxylation is 1. The lowest BCUT2D eigenvalue weighted by Gasteiger charge is -2.12. The first-order chi connectivity index (χ1) is 14.0. The molecule has 0 bridgehead atoms. The van der Waals surface area contributed by atoms with Crippen LogP contribution in [0.4, 0.5) is 4.39 Å². The zero-order valence-corrected chi connectivity index (χ0v) is 20.3. The number of nitrogens with zero attached hydrogens (tertiary/aromatic N) is 1. The van der Waals surface area contributed by atoms with Crippen molar-refractivity contribution in [2.24, 2.45) is 4.99 Å². The third-order valence-electron chi connectivity index (χ3n) is 4.48. The van der Waals surface area contributed by atoms with Crippen LogP contribution in [0.25, 0.3) is 0 Å². The lowest BCUT2D eigenvalue weighted by molar-refractivity contribution is 0.0953. The van der Waals surface area contributed by atoms with Crippen molar-refractivity contribution in [1.29, 1.82) is 0 Å². The summed E-state index contributed by atoms with van der Waals surface area (Å²) in [7, 11) is 0. The lowest BCUT2D eigenvalue weighted by Crippen LogP contribution is -2.38. The third-order valence-corrected chi connectivity index (χ3v) is 4.48. The van der Waals surface area contributed by atoms with Gasteiger partial charge >= 0.3 is 0 Å². The predicted molar refractivity (Wildman–Crippen MR) is 132 cm³/mol. The highest BCUT2D eigenvalue weighted by Crippen LogP contribution is 2.10. The fraction of sp³-hybridized carbons (Fsp3) is 0.391. The monoisotopic (exact) mass is 526 g/mol. The molecule has 164 valence electrons. The molecule has 0 saturated carbocycles. The molecule has 5 nitrogen and oxygen atoms in total. The van der Waals surface area contributed by atoms with Gasteiger partial charge in [0.05, 0.1) is 6.54 Å². The van der Waals surface area contributed by atoms with Crippen molar-refractivity contribution in [3.63, 3.8) is 0 Å². The van der Waals surface area contributed by atoms with E-state index in [0.29, 0.717) is 31.2 Å². The van der Waals surface area contributed by atoms with Gasteiger partial charge < -0.3 is 16.0 Å². The molecule has 0 unspecified atom stereocenters. The summed E-state index contributed by atoms with van der Waals surface area (Å²) < 4.78 is 13.2. The van der Waals surface area contributed by atoms with Gasteiger partial charge in [0.15, 0.2) is 5.96 Å². The highest BCUT2D eigenvalue weighted by atomic mass is 127. The topological polar surface area (TPSA) is 65.5 Å². The van der Waals surface area contributed by atoms with Crippen LogP contribution in [0.5, 0.6) is 0 Å². The summed E-state index contributed by atoms with van der Waals surface area (Å²) >= 11 is 0. The van der Waals surface area contributed by atoms with E-state index < -0.39 is 0 Å². The van der Waals surface area contributed by atoms with Crippen LogP contribution in [-0.4, -0.2) is 31.5 Å². The number of aliphatic imine (C=N–C) groups is 1. The SMILES string of the molecule is CCCNC(=O)c1cccc(CN=C(NCC)NCCc2ccc(F)cc2C)c1.I. The van der Waals surface area contributed by atoms with Gasteiger partial charge in [-0.25, -0.2) is 9.38 Å². The second-order valence-electron chi connectivity index (χ2n) is 6.90. The molecule has 3 N–H and O–H groups in total. The molecular formula is C23H32FIN4O. The molecule has 1 amide bonds. The summed E-state index contributed by atoms with van der Waals surface area (Å²) in [5.41, 5.74) is 3.68. The van der Waals surface area contributed by atoms with E-state index in [2.05, 4.69) is 20.9 Å². The molecule has 2 rings (SSSR count). The standard InChI is InChI=1S/C23H31FN4O.HI/c1-4-12-26-22(29)20-8-6-7-18(15-20)16-28-23(25-5-2)27-13-11-19-9-10-21(24)14-17(19)3;/h6-10,14-15H,4-5,11-13,16H2,1-3H3,(H,26,29)(H2,25,27,28);1H. The van der Waals surface area contributed by atoms with E-state index in [-0.39, 0.29) is 35.7 Å². The second kappa shape index (κ2) is 14.0. The number of nitrogens with one attached hydrogen (secondary N) is 3. The Balaban J connectivity index is 0.00000450. The Kier molecular flexibility index (Phi) is 12.0. The van der Waals surface area contributed by atoms with Crippen LogP contribution in [0.1, 0.15) is 47.3 Å². The van der Waals surface area contributed by atoms with Gasteiger partial charge in [-0.15, -0.1) is 24.0 Å². The van der Waals surface area contributed by atoms with Crippen LogP contribution in [0, 0.1) is 12.7 Å². The summed E-state index contributed by atoms with van der Waals surface area (Å²) in [6.45, 7) is 8.54. The zero-order valence-electron chi connectivity index (χ0n) is 17.9. The molecule has 0 aliphatic carbocycles. The smallest absolute Gasteiger partial charge is 0.251 e. The van der Waals surface area contributed by atoms with Crippen molar-refractivity contribution in [2.45, 2.75) is 40.2 Å². The maximum Gasteiger partial charge on any atom is 0.251 e. The summed E-state index contributed by atoms with van der Waals surface area (Å²) in [4.78, 5) is 16.7. The Morgan fingerprint density at radius 2 is 1.83 bits per heavy atom. The predicted octanol–water partition coefficient (Wildman–Crippen LogP) is 4.19. The highest BCUT2D eigenvalue weighted by Gasteiger charge is 2.06. The lowest BCUT2D eigenvalue weighted by atomic mass is 10.1. The first kappa shape index (κ1) is 25.9. The van der Waals surface area contributed by atoms with Gasteiger partial charge in [-0.05, 0) is 67.6 Å². The van der Waals surface area contributed by atoms with Gasteiger partial charge in [-0.2, -0.15) is 0 Å². The van der Waals surface area contributed by atoms with Crippen molar-refractivity contribution < 1.29 is 9.18 Å². The first-order valence-corrected chi connectivity index (χ1v) is 10.2. The van der Waals surface area contributed by atoms with E-state index in [1.54, 1.807) is 6.07 Å². The molecule has 30 heavy (non-hydrogen) atoms. The number of rotatable bonds is 9. The van der Waals surface area contributed by atoms with E-state index >= 15 is 0 Å². The molecule has 0 radical (unpaired) electrons. The normalized spacial score (nSPS) is 10.9. The quantitative estimate of drug-likeness (QED) is 0.261. The molecule has 0 fully saturated rings. The Hall–Kier alpha value is -2.16. The van der Waals surface area contributed by atoms with Crippen LogP contribution in [0.2, 0.25) is 0 Å². The zero-order chi connectivity index (χ0) is 21.1. The fourth-order valence-corrected chi connectivity index (χ4v) is 2.92. The van der Waals surface area contributed by atoms with Crippen molar-refractivity contribution in [1.82, 2.24) is 16.0 Å². The number of carbonyl (C=O) groups excluding carboxylic acids is 1. The number of halogens is 2. The van der Waals surface area contributed by atoms with Gasteiger partial charge in [0.2, 0.25) is 0 Å². The molecule has 0 aliphatic heterocycles. The van der Waals surface area contributed by atoms with E-state index in [1.165, 1.54) is 6.07 Å². The molecule has 0 aromatic heterocycles. The van der Waals surface area contributed by atoms with Gasteiger partial charge in [-0.1, -0.05) is 25.1 Å². The summed E-state index contributed by atoms with van der Waals surface area (Å²) in [6, 6.07) is 12.4. The number of benzene rings is 2. The van der Waals surface area contributed by atoms with Gasteiger partial charge in [-0.3, -0.25) is 4.79 Å². The fourth-order valence-electron chi connectivity index (χ4n) is 2.92. The summed E-state index contributed by atoms with van der Waals surface area (Å²) in [6.07, 6.45) is 1.69. The van der Waals surface area contributed by atoms with Crippen LogP contribution in [0.3, 0.4) is 0 Å². The number of hydrogen-bond acceptors (Lipinski definition) is 2. The minimum atomic E-state index is -0.209. The molecule has 0 atom stereocenters. The largest absolute Gasteiger partial charge is 0.357 e. The number of amides is 1. The van der Waals surface area contributed by atoms with E-state index in [9.17, 15) is 9.18 Å². The average molecular weight is 526 g/mol. The molecule has 2 aromatic rings. The Labute approximate surface area is 196 Å². The van der Waals surface area contributed by atoms with Gasteiger partial charge in [0.1, 0.15) is 5.82 Å². The van der Waals surface area contributed by atoms with E-state index in [4.69, 9.17) is 0 Å². The highest BCUT2D eigenvalue weighted by molar-refractivity contribution is 14.0. The molecule has 7 heteroatoms. The third kappa shape index (κ3) is 8.69. The molecule has 0 aliphatic rings. The summed E-state index contributed by atoms with van der Waals surface area (Å²) in [5.74, 6) is 0.449. The summed E-state index contributed by atoms with van der Waals surface area (Å²) in [5, 5.41) is 9.43. The molecule has 0 heterocycles. The number of carbonyl (C=O) groups is 1. The number of hydrogen-bond donors (Lipinski definition) is 3. The Morgan fingerprint density at radius 1 is 1.03 bits per heavy atom. The second-order valence-corrected chi connectivity index (χ2v) is 6.90. The Bertz CT molecular complexity index is 842. The van der Waals surface area contributed by atoms with Crippen LogP contribution >= 0.6 is 24.0 Å². The average Bonchev–Trinajstić information content (AvgIpc) is 2.72. The minimum Gasteiger partial charge on any atom is -0.357 e. The van der Waals surface area contributed by atoms with Crippen molar-refractivity contribution in [3.05, 3.63) is 70.5 Å². The van der Waals surface area contributed by atoms with Gasteiger partial charge in [0.25, 0.3) is 5.91 Å². The first-order valence-electron chi connectivity index (χ1n) is 10.2. The number of guanidine groups is 1. The molecule has 0 spiro atoms. The van der Waals surface area contributed by atoms with E-state index in [1.807, 2.05) is 51.1 Å². The molecular weight excluding hydrogens is 494 g/mol. The molecule has 0 saturated heterocycles. The van der Waals surface area contributed by atoms with Crippen molar-refractivity contribution in [3.8, 4) is 0 Å². The maximum absolute atomic E-state index is 13.2. The van der Waals surface area contributed by atoms with Crippen LogP contribution in [-0.2, 0) is 13.0 Å². The Morgan fingerprint density at radius 3 is 2.53 bits per heavy atom. The maximum atomic E-state index is 13.2.